The number of nitrogens with zero attached hydrogens (tertiary/aromatic N) is 6. The Hall–Kier alpha value is -4.93. The molecule has 0 atom stereocenters. The number of hydrogen-bond acceptors (Lipinski definition) is 6. The van der Waals surface area contributed by atoms with Crippen LogP contribution in [0.4, 0.5) is 0 Å². The smallest absolute Gasteiger partial charge is 0.490 e. The lowest BCUT2D eigenvalue weighted by Crippen LogP contribution is -2.34. The first-order valence-corrected chi connectivity index (χ1v) is 15.2. The number of phenolic OH excluding ortho intramolecular Hbond substituents is 1. The maximum absolute atomic E-state index is 9.82. The second kappa shape index (κ2) is 14.4. The second-order valence-electron chi connectivity index (χ2n) is 11.8. The van der Waals surface area contributed by atoms with Crippen molar-refractivity contribution in [1.82, 2.24) is 29.3 Å². The fourth-order valence-electron chi connectivity index (χ4n) is 5.21. The van der Waals surface area contributed by atoms with Crippen LogP contribution in [-0.2, 0) is 0 Å². The van der Waals surface area contributed by atoms with Crippen LogP contribution in [0.3, 0.4) is 0 Å². The van der Waals surface area contributed by atoms with Crippen molar-refractivity contribution < 1.29 is 15.2 Å². The fourth-order valence-corrected chi connectivity index (χ4v) is 5.21. The molecule has 0 saturated heterocycles. The molecule has 3 aromatic carbocycles. The van der Waals surface area contributed by atoms with Crippen LogP contribution in [0.25, 0.3) is 17.1 Å². The second-order valence-corrected chi connectivity index (χ2v) is 11.8. The maximum Gasteiger partial charge on any atom is 0.490 e. The third-order valence-corrected chi connectivity index (χ3v) is 7.36. The van der Waals surface area contributed by atoms with Gasteiger partial charge >= 0.3 is 7.12 Å². The Labute approximate surface area is 271 Å². The van der Waals surface area contributed by atoms with Gasteiger partial charge in [-0.1, -0.05) is 41.5 Å². The third-order valence-electron chi connectivity index (χ3n) is 7.36. The summed E-state index contributed by atoms with van der Waals surface area (Å²) in [5.41, 5.74) is 12.4. The van der Waals surface area contributed by atoms with E-state index in [1.807, 2.05) is 89.5 Å². The van der Waals surface area contributed by atoms with E-state index in [9.17, 15) is 15.2 Å². The molecule has 0 aliphatic heterocycles. The van der Waals surface area contributed by atoms with Gasteiger partial charge in [0.15, 0.2) is 0 Å². The van der Waals surface area contributed by atoms with Gasteiger partial charge in [0.05, 0.1) is 28.5 Å². The first-order valence-electron chi connectivity index (χ1n) is 15.2. The van der Waals surface area contributed by atoms with E-state index in [1.165, 1.54) is 11.3 Å². The molecule has 0 amide bonds. The van der Waals surface area contributed by atoms with Crippen LogP contribution in [0, 0.1) is 62.3 Å². The molecule has 0 saturated carbocycles. The molecule has 6 aromatic rings. The predicted octanol–water partition coefficient (Wildman–Crippen LogP) is 5.78. The topological polar surface area (TPSA) is 114 Å². The van der Waals surface area contributed by atoms with Crippen molar-refractivity contribution in [3.8, 4) is 22.8 Å². The fraction of sp³-hybridized carbons (Fsp3) is 0.250. The van der Waals surface area contributed by atoms with E-state index in [4.69, 9.17) is 0 Å². The molecule has 238 valence electrons. The molecular weight excluding hydrogens is 575 g/mol. The van der Waals surface area contributed by atoms with Crippen LogP contribution < -0.4 is 5.46 Å². The Morgan fingerprint density at radius 3 is 1.33 bits per heavy atom. The molecule has 0 aliphatic carbocycles. The summed E-state index contributed by atoms with van der Waals surface area (Å²) in [5.74, 6) is 0.265. The van der Waals surface area contributed by atoms with Crippen molar-refractivity contribution >= 4 is 12.6 Å². The minimum atomic E-state index is -1.49. The highest BCUT2D eigenvalue weighted by Crippen LogP contribution is 2.23. The zero-order valence-corrected chi connectivity index (χ0v) is 28.1. The van der Waals surface area contributed by atoms with Crippen LogP contribution >= 0.6 is 0 Å². The molecule has 0 bridgehead atoms. The lowest BCUT2D eigenvalue weighted by Gasteiger charge is -2.11. The van der Waals surface area contributed by atoms with Gasteiger partial charge in [0.2, 0.25) is 0 Å². The monoisotopic (exact) mass is 618 g/mol. The van der Waals surface area contributed by atoms with Crippen LogP contribution in [0.2, 0.25) is 0 Å². The van der Waals surface area contributed by atoms with Crippen molar-refractivity contribution in [1.29, 1.82) is 0 Å². The standard InChI is InChI=1S/C12H15BN2O2.C12H14N2O.C12H14N2/c1-8-4-5-12(11(6-8)13(16)17)15-10(3)7-9(2)14-15;1-8-4-5-11(12(15)6-8)14-10(3)7-9(2)13-14;1-9-4-6-12(7-5-9)14-11(3)8-10(2)13-14/h4-7,16-17H,1-3H3;4-7,15H,1-3H3;4-8H,1-3H3. The third kappa shape index (κ3) is 8.21. The number of phenols is 1. The maximum atomic E-state index is 9.82. The lowest BCUT2D eigenvalue weighted by atomic mass is 9.78. The first kappa shape index (κ1) is 34.0. The Balaban J connectivity index is 0.000000157. The average molecular weight is 619 g/mol. The van der Waals surface area contributed by atoms with Crippen LogP contribution in [-0.4, -0.2) is 51.6 Å². The quantitative estimate of drug-likeness (QED) is 0.216. The van der Waals surface area contributed by atoms with Crippen LogP contribution in [0.1, 0.15) is 50.9 Å². The normalized spacial score (nSPS) is 10.6. The number of aromatic nitrogens is 6. The molecule has 6 rings (SSSR count). The molecule has 3 heterocycles. The molecule has 0 spiro atoms. The summed E-state index contributed by atoms with van der Waals surface area (Å²) in [4.78, 5) is 0. The van der Waals surface area contributed by atoms with Crippen molar-refractivity contribution in [3.63, 3.8) is 0 Å². The molecule has 0 radical (unpaired) electrons. The van der Waals surface area contributed by atoms with Crippen molar-refractivity contribution in [3.05, 3.63) is 130 Å². The molecule has 0 fully saturated rings. The molecule has 9 nitrogen and oxygen atoms in total. The van der Waals surface area contributed by atoms with Gasteiger partial charge in [-0.05, 0) is 116 Å². The van der Waals surface area contributed by atoms with Gasteiger partial charge < -0.3 is 15.2 Å². The Kier molecular flexibility index (Phi) is 10.7. The number of benzene rings is 3. The highest BCUT2D eigenvalue weighted by atomic mass is 16.4. The minimum absolute atomic E-state index is 0.265. The Morgan fingerprint density at radius 1 is 0.478 bits per heavy atom. The lowest BCUT2D eigenvalue weighted by molar-refractivity contribution is 0.425. The summed E-state index contributed by atoms with van der Waals surface area (Å²) in [6.07, 6.45) is 0. The molecule has 10 heteroatoms. The molecule has 0 aliphatic rings. The summed E-state index contributed by atoms with van der Waals surface area (Å²) < 4.78 is 5.45. The molecular formula is C36H43BN6O3. The van der Waals surface area contributed by atoms with E-state index >= 15 is 0 Å². The highest BCUT2D eigenvalue weighted by Gasteiger charge is 2.19. The molecule has 0 unspecified atom stereocenters. The SMILES string of the molecule is Cc1ccc(-n2nc(C)cc2C)c(B(O)O)c1.Cc1ccc(-n2nc(C)cc2C)c(O)c1.Cc1ccc(-n2nc(C)cc2C)cc1. The summed E-state index contributed by atoms with van der Waals surface area (Å²) in [7, 11) is -1.49. The minimum Gasteiger partial charge on any atom is -0.506 e. The van der Waals surface area contributed by atoms with E-state index in [2.05, 4.69) is 59.5 Å². The van der Waals surface area contributed by atoms with Crippen LogP contribution in [0.5, 0.6) is 5.75 Å². The Bertz CT molecular complexity index is 1940. The highest BCUT2D eigenvalue weighted by molar-refractivity contribution is 6.60. The molecule has 3 aromatic heterocycles. The number of hydrogen-bond donors (Lipinski definition) is 3. The number of rotatable bonds is 4. The Morgan fingerprint density at radius 2 is 0.891 bits per heavy atom. The van der Waals surface area contributed by atoms with E-state index in [-0.39, 0.29) is 5.75 Å². The van der Waals surface area contributed by atoms with Crippen molar-refractivity contribution in [2.45, 2.75) is 62.3 Å². The summed E-state index contributed by atoms with van der Waals surface area (Å²) in [6.45, 7) is 17.8. The average Bonchev–Trinajstić information content (AvgIpc) is 3.63. The summed E-state index contributed by atoms with van der Waals surface area (Å²) in [5, 5.41) is 41.7. The van der Waals surface area contributed by atoms with E-state index in [0.29, 0.717) is 11.2 Å². The van der Waals surface area contributed by atoms with Gasteiger partial charge in [-0.15, -0.1) is 0 Å². The number of aryl methyl sites for hydroxylation is 9. The molecule has 46 heavy (non-hydrogen) atoms. The summed E-state index contributed by atoms with van der Waals surface area (Å²) >= 11 is 0. The van der Waals surface area contributed by atoms with Gasteiger partial charge in [0.25, 0.3) is 0 Å². The van der Waals surface area contributed by atoms with Gasteiger partial charge in [-0.3, -0.25) is 0 Å². The summed E-state index contributed by atoms with van der Waals surface area (Å²) in [6, 6.07) is 25.5. The van der Waals surface area contributed by atoms with Crippen molar-refractivity contribution in [2.24, 2.45) is 0 Å². The predicted molar refractivity (Wildman–Crippen MR) is 185 cm³/mol. The van der Waals surface area contributed by atoms with E-state index in [0.717, 1.165) is 51.0 Å². The first-order chi connectivity index (χ1) is 21.7. The van der Waals surface area contributed by atoms with Gasteiger partial charge in [-0.2, -0.15) is 15.3 Å². The van der Waals surface area contributed by atoms with Gasteiger partial charge in [0.1, 0.15) is 11.4 Å². The zero-order valence-electron chi connectivity index (χ0n) is 28.1. The largest absolute Gasteiger partial charge is 0.506 e. The van der Waals surface area contributed by atoms with Gasteiger partial charge in [0, 0.05) is 22.5 Å². The van der Waals surface area contributed by atoms with Gasteiger partial charge in [-0.25, -0.2) is 14.0 Å². The number of aromatic hydroxyl groups is 1. The molecule has 3 N–H and O–H groups in total. The zero-order chi connectivity index (χ0) is 33.7. The van der Waals surface area contributed by atoms with E-state index in [1.54, 1.807) is 21.5 Å². The van der Waals surface area contributed by atoms with Crippen molar-refractivity contribution in [2.75, 3.05) is 0 Å². The van der Waals surface area contributed by atoms with E-state index < -0.39 is 7.12 Å². The van der Waals surface area contributed by atoms with Crippen LogP contribution in [0.15, 0.2) is 78.9 Å².